The van der Waals surface area contributed by atoms with Crippen molar-refractivity contribution in [2.75, 3.05) is 26.3 Å². The second kappa shape index (κ2) is 10.8. The molecule has 0 aliphatic rings. The second-order valence-corrected chi connectivity index (χ2v) is 5.22. The molecule has 0 aromatic carbocycles. The fourth-order valence-corrected chi connectivity index (χ4v) is 1.92. The van der Waals surface area contributed by atoms with Crippen molar-refractivity contribution in [3.8, 4) is 0 Å². The van der Waals surface area contributed by atoms with Gasteiger partial charge in [0, 0.05) is 32.4 Å². The molecule has 1 amide bonds. The molecule has 0 aliphatic carbocycles. The molecule has 0 heterocycles. The Kier molecular flexibility index (Phi) is 10.1. The van der Waals surface area contributed by atoms with Gasteiger partial charge in [0.25, 0.3) is 0 Å². The largest absolute Gasteiger partial charge is 0.372 e. The standard InChI is InChI=1S/C13H24N3OP/c1-5-7-8-13(17)16(4)18-11-10-15-12(3)14-9-6-2/h5,7-8,14-15,18H,1,3,6,9-11H2,2,4H3/b8-7-. The minimum atomic E-state index is 0.0103. The van der Waals surface area contributed by atoms with E-state index in [-0.39, 0.29) is 5.91 Å². The molecule has 0 spiro atoms. The molecule has 102 valence electrons. The molecule has 0 radical (unpaired) electrons. The van der Waals surface area contributed by atoms with Crippen molar-refractivity contribution in [3.05, 3.63) is 37.2 Å². The highest BCUT2D eigenvalue weighted by atomic mass is 31.1. The molecule has 0 rings (SSSR count). The number of rotatable bonds is 10. The van der Waals surface area contributed by atoms with Gasteiger partial charge in [0.05, 0.1) is 5.82 Å². The number of likely N-dealkylation sites (N-methyl/N-ethyl adjacent to an activating group) is 1. The topological polar surface area (TPSA) is 44.4 Å². The van der Waals surface area contributed by atoms with Gasteiger partial charge in [0.2, 0.25) is 5.91 Å². The Morgan fingerprint density at radius 3 is 2.67 bits per heavy atom. The van der Waals surface area contributed by atoms with Crippen LogP contribution in [0.2, 0.25) is 0 Å². The highest BCUT2D eigenvalue weighted by Crippen LogP contribution is 2.14. The first-order valence-corrected chi connectivity index (χ1v) is 7.24. The van der Waals surface area contributed by atoms with Gasteiger partial charge in [-0.2, -0.15) is 0 Å². The number of carbonyl (C=O) groups excluding carboxylic acids is 1. The maximum atomic E-state index is 11.5. The lowest BCUT2D eigenvalue weighted by Crippen LogP contribution is -2.28. The van der Waals surface area contributed by atoms with Gasteiger partial charge in [-0.3, -0.25) is 4.79 Å². The average molecular weight is 269 g/mol. The Balaban J connectivity index is 3.65. The van der Waals surface area contributed by atoms with Crippen molar-refractivity contribution in [2.45, 2.75) is 13.3 Å². The third-order valence-corrected chi connectivity index (χ3v) is 3.27. The van der Waals surface area contributed by atoms with Crippen molar-refractivity contribution in [1.29, 1.82) is 0 Å². The Bertz CT molecular complexity index is 303. The molecule has 0 saturated heterocycles. The summed E-state index contributed by atoms with van der Waals surface area (Å²) in [5, 5.41) is 6.35. The predicted octanol–water partition coefficient (Wildman–Crippen LogP) is 1.84. The van der Waals surface area contributed by atoms with E-state index in [0.29, 0.717) is 8.73 Å². The van der Waals surface area contributed by atoms with Crippen LogP contribution in [0.3, 0.4) is 0 Å². The second-order valence-electron chi connectivity index (χ2n) is 3.73. The number of hydrogen-bond donors (Lipinski definition) is 2. The maximum absolute atomic E-state index is 11.5. The molecular weight excluding hydrogens is 245 g/mol. The summed E-state index contributed by atoms with van der Waals surface area (Å²) < 4.78 is 1.71. The first-order chi connectivity index (χ1) is 8.61. The fraction of sp³-hybridized carbons (Fsp3) is 0.462. The van der Waals surface area contributed by atoms with Crippen molar-refractivity contribution in [2.24, 2.45) is 0 Å². The monoisotopic (exact) mass is 269 g/mol. The Morgan fingerprint density at radius 2 is 2.06 bits per heavy atom. The van der Waals surface area contributed by atoms with Crippen molar-refractivity contribution in [1.82, 2.24) is 15.3 Å². The molecule has 0 saturated carbocycles. The number of allylic oxidation sites excluding steroid dienone is 2. The van der Waals surface area contributed by atoms with Crippen molar-refractivity contribution < 1.29 is 4.79 Å². The summed E-state index contributed by atoms with van der Waals surface area (Å²) in [6.45, 7) is 11.2. The predicted molar refractivity (Wildman–Crippen MR) is 80.7 cm³/mol. The third-order valence-electron chi connectivity index (χ3n) is 2.11. The molecule has 1 unspecified atom stereocenters. The number of hydrogen-bond acceptors (Lipinski definition) is 3. The number of carbonyl (C=O) groups is 1. The van der Waals surface area contributed by atoms with Crippen LogP contribution in [0.4, 0.5) is 0 Å². The highest BCUT2D eigenvalue weighted by Gasteiger charge is 2.03. The quantitative estimate of drug-likeness (QED) is 0.275. The molecule has 1 atom stereocenters. The van der Waals surface area contributed by atoms with Gasteiger partial charge >= 0.3 is 0 Å². The smallest absolute Gasteiger partial charge is 0.249 e. The van der Waals surface area contributed by atoms with Gasteiger partial charge in [-0.1, -0.05) is 32.2 Å². The zero-order valence-electron chi connectivity index (χ0n) is 11.3. The van der Waals surface area contributed by atoms with Crippen molar-refractivity contribution in [3.63, 3.8) is 0 Å². The van der Waals surface area contributed by atoms with Gasteiger partial charge in [0.1, 0.15) is 0 Å². The summed E-state index contributed by atoms with van der Waals surface area (Å²) in [6.07, 6.45) is 6.76. The van der Waals surface area contributed by atoms with E-state index in [1.54, 1.807) is 23.9 Å². The van der Waals surface area contributed by atoms with Crippen LogP contribution in [0.5, 0.6) is 0 Å². The van der Waals surface area contributed by atoms with E-state index in [2.05, 4.69) is 30.7 Å². The lowest BCUT2D eigenvalue weighted by atomic mass is 10.5. The zero-order valence-corrected chi connectivity index (χ0v) is 12.3. The van der Waals surface area contributed by atoms with E-state index in [1.165, 1.54) is 6.08 Å². The van der Waals surface area contributed by atoms with Crippen molar-refractivity contribution >= 4 is 14.6 Å². The lowest BCUT2D eigenvalue weighted by Gasteiger charge is -2.16. The summed E-state index contributed by atoms with van der Waals surface area (Å²) in [5.74, 6) is 0.860. The van der Waals surface area contributed by atoms with E-state index in [9.17, 15) is 4.79 Å². The SMILES string of the molecule is C=C/C=C\C(=O)N(C)PCCNC(=C)NCCC. The van der Waals surface area contributed by atoms with E-state index >= 15 is 0 Å². The van der Waals surface area contributed by atoms with Gasteiger partial charge in [0.15, 0.2) is 0 Å². The Hall–Kier alpha value is -1.28. The zero-order chi connectivity index (χ0) is 13.8. The minimum Gasteiger partial charge on any atom is -0.372 e. The highest BCUT2D eigenvalue weighted by molar-refractivity contribution is 7.36. The first kappa shape index (κ1) is 16.7. The van der Waals surface area contributed by atoms with E-state index < -0.39 is 0 Å². The van der Waals surface area contributed by atoms with Crippen LogP contribution < -0.4 is 10.6 Å². The number of amides is 1. The van der Waals surface area contributed by atoms with E-state index in [0.717, 1.165) is 31.5 Å². The van der Waals surface area contributed by atoms with Gasteiger partial charge < -0.3 is 15.3 Å². The fourth-order valence-electron chi connectivity index (χ4n) is 1.12. The summed E-state index contributed by atoms with van der Waals surface area (Å²) in [4.78, 5) is 11.5. The summed E-state index contributed by atoms with van der Waals surface area (Å²) in [5.41, 5.74) is 0. The molecule has 4 nitrogen and oxygen atoms in total. The van der Waals surface area contributed by atoms with Crippen LogP contribution in [0.15, 0.2) is 37.2 Å². The molecular formula is C13H24N3OP. The number of nitrogens with zero attached hydrogens (tertiary/aromatic N) is 1. The van der Waals surface area contributed by atoms with Crippen LogP contribution in [-0.2, 0) is 4.79 Å². The lowest BCUT2D eigenvalue weighted by molar-refractivity contribution is -0.120. The maximum Gasteiger partial charge on any atom is 0.249 e. The van der Waals surface area contributed by atoms with Gasteiger partial charge in [-0.05, 0) is 15.2 Å². The van der Waals surface area contributed by atoms with E-state index in [1.807, 2.05) is 0 Å². The molecule has 0 fully saturated rings. The molecule has 0 aliphatic heterocycles. The third kappa shape index (κ3) is 8.82. The van der Waals surface area contributed by atoms with Gasteiger partial charge in [-0.15, -0.1) is 0 Å². The summed E-state index contributed by atoms with van der Waals surface area (Å²) >= 11 is 0. The Labute approximate surface area is 112 Å². The molecule has 18 heavy (non-hydrogen) atoms. The molecule has 0 bridgehead atoms. The van der Waals surface area contributed by atoms with Crippen LogP contribution >= 0.6 is 8.73 Å². The van der Waals surface area contributed by atoms with E-state index in [4.69, 9.17) is 0 Å². The van der Waals surface area contributed by atoms with Crippen LogP contribution in [0.1, 0.15) is 13.3 Å². The molecule has 0 aromatic heterocycles. The normalized spacial score (nSPS) is 10.8. The minimum absolute atomic E-state index is 0.0103. The van der Waals surface area contributed by atoms with Crippen LogP contribution in [0, 0.1) is 0 Å². The molecule has 2 N–H and O–H groups in total. The first-order valence-electron chi connectivity index (χ1n) is 6.08. The molecule has 5 heteroatoms. The summed E-state index contributed by atoms with van der Waals surface area (Å²) in [6, 6.07) is 0. The van der Waals surface area contributed by atoms with Crippen LogP contribution in [-0.4, -0.2) is 36.9 Å². The van der Waals surface area contributed by atoms with Crippen LogP contribution in [0.25, 0.3) is 0 Å². The Morgan fingerprint density at radius 1 is 1.39 bits per heavy atom. The molecule has 0 aromatic rings. The number of nitrogens with one attached hydrogen (secondary N) is 2. The summed E-state index contributed by atoms with van der Waals surface area (Å²) in [7, 11) is 2.27. The average Bonchev–Trinajstić information content (AvgIpc) is 2.38. The van der Waals surface area contributed by atoms with Gasteiger partial charge in [-0.25, -0.2) is 0 Å².